The average Bonchev–Trinajstić information content (AvgIpc) is 3.60. The first-order valence-electron chi connectivity index (χ1n) is 13.3. The summed E-state index contributed by atoms with van der Waals surface area (Å²) in [5.74, 6) is 1.21. The van der Waals surface area contributed by atoms with E-state index in [2.05, 4.69) is 9.80 Å². The van der Waals surface area contributed by atoms with Crippen LogP contribution < -0.4 is 11.5 Å². The molecule has 2 atom stereocenters. The van der Waals surface area contributed by atoms with Gasteiger partial charge >= 0.3 is 0 Å². The predicted molar refractivity (Wildman–Crippen MR) is 171 cm³/mol. The zero-order chi connectivity index (χ0) is 23.9. The van der Waals surface area contributed by atoms with E-state index in [4.69, 9.17) is 11.5 Å². The average molecular weight is 659 g/mol. The molecular weight excluding hydrogens is 610 g/mol. The zero-order valence-electron chi connectivity index (χ0n) is 22.2. The molecule has 14 heteroatoms. The molecule has 0 aromatic carbocycles. The van der Waals surface area contributed by atoms with Crippen LogP contribution in [-0.4, -0.2) is 119 Å². The standard InChI is InChI=1S/C24H44N6O2S2.4ClH/c25-21(23(31)29-13-9-27(10-14-29)19-5-1-2-6-19)17-33-34-18-22(26)24(32)30-15-11-28(12-16-30)20-7-3-4-8-20;;;;/h19-22H,1-18,25-26H2;4*1H. The summed E-state index contributed by atoms with van der Waals surface area (Å²) in [4.78, 5) is 34.5. The van der Waals surface area contributed by atoms with Gasteiger partial charge in [-0.1, -0.05) is 47.3 Å². The van der Waals surface area contributed by atoms with Gasteiger partial charge < -0.3 is 21.3 Å². The maximum Gasteiger partial charge on any atom is 0.240 e. The Morgan fingerprint density at radius 3 is 1.16 bits per heavy atom. The summed E-state index contributed by atoms with van der Waals surface area (Å²) >= 11 is 0. The van der Waals surface area contributed by atoms with Crippen LogP contribution in [0.15, 0.2) is 0 Å². The highest BCUT2D eigenvalue weighted by atomic mass is 35.5. The monoisotopic (exact) mass is 656 g/mol. The summed E-state index contributed by atoms with van der Waals surface area (Å²) in [5.41, 5.74) is 12.4. The normalized spacial score (nSPS) is 23.0. The molecule has 2 saturated heterocycles. The Morgan fingerprint density at radius 1 is 0.579 bits per heavy atom. The minimum atomic E-state index is -0.494. The summed E-state index contributed by atoms with van der Waals surface area (Å²) in [6.45, 7) is 7.02. The van der Waals surface area contributed by atoms with Gasteiger partial charge in [0, 0.05) is 75.9 Å². The van der Waals surface area contributed by atoms with E-state index in [1.807, 2.05) is 9.80 Å². The van der Waals surface area contributed by atoms with Crippen molar-refractivity contribution in [1.82, 2.24) is 19.6 Å². The van der Waals surface area contributed by atoms with Crippen molar-refractivity contribution < 1.29 is 9.59 Å². The minimum Gasteiger partial charge on any atom is -0.339 e. The number of halogens is 4. The van der Waals surface area contributed by atoms with Crippen molar-refractivity contribution in [3.8, 4) is 0 Å². The minimum absolute atomic E-state index is 0. The molecule has 4 aliphatic rings. The molecule has 8 nitrogen and oxygen atoms in total. The molecule has 4 fully saturated rings. The third kappa shape index (κ3) is 10.8. The Bertz CT molecular complexity index is 620. The van der Waals surface area contributed by atoms with Crippen molar-refractivity contribution >= 4 is 83.0 Å². The van der Waals surface area contributed by atoms with E-state index in [0.29, 0.717) is 11.5 Å². The number of carbonyl (C=O) groups excluding carboxylic acids is 2. The molecular formula is C24H48Cl4N6O2S2. The van der Waals surface area contributed by atoms with Crippen LogP contribution in [-0.2, 0) is 9.59 Å². The van der Waals surface area contributed by atoms with Crippen molar-refractivity contribution in [1.29, 1.82) is 0 Å². The number of nitrogens with two attached hydrogens (primary N) is 2. The largest absolute Gasteiger partial charge is 0.339 e. The van der Waals surface area contributed by atoms with Crippen molar-refractivity contribution in [2.24, 2.45) is 11.5 Å². The van der Waals surface area contributed by atoms with Crippen LogP contribution in [0.1, 0.15) is 51.4 Å². The molecule has 4 rings (SSSR count). The second-order valence-electron chi connectivity index (χ2n) is 10.4. The van der Waals surface area contributed by atoms with Crippen molar-refractivity contribution in [2.45, 2.75) is 75.5 Å². The Morgan fingerprint density at radius 2 is 0.868 bits per heavy atom. The Kier molecular flexibility index (Phi) is 20.0. The Balaban J connectivity index is 0.00000342. The predicted octanol–water partition coefficient (Wildman–Crippen LogP) is 2.88. The fourth-order valence-corrected chi connectivity index (χ4v) is 8.24. The van der Waals surface area contributed by atoms with Crippen LogP contribution in [0.3, 0.4) is 0 Å². The SMILES string of the molecule is Cl.Cl.Cl.Cl.NC(CSSCC(N)C(=O)N1CCN(C2CCCC2)CC1)C(=O)N1CCN(C2CCCC2)CC1. The molecule has 2 heterocycles. The number of nitrogens with zero attached hydrogens (tertiary/aromatic N) is 4. The number of amides is 2. The number of hydrogen-bond donors (Lipinski definition) is 2. The van der Waals surface area contributed by atoms with E-state index >= 15 is 0 Å². The smallest absolute Gasteiger partial charge is 0.240 e. The van der Waals surface area contributed by atoms with E-state index in [1.165, 1.54) is 51.4 Å². The molecule has 2 aliphatic carbocycles. The van der Waals surface area contributed by atoms with Gasteiger partial charge in [0.2, 0.25) is 11.8 Å². The quantitative estimate of drug-likeness (QED) is 0.289. The van der Waals surface area contributed by atoms with Crippen LogP contribution in [0, 0.1) is 0 Å². The lowest BCUT2D eigenvalue weighted by atomic mass is 10.1. The number of hydrogen-bond acceptors (Lipinski definition) is 8. The Hall–Kier alpha value is 0.640. The molecule has 0 radical (unpaired) electrons. The van der Waals surface area contributed by atoms with E-state index in [1.54, 1.807) is 21.6 Å². The fourth-order valence-electron chi connectivity index (χ4n) is 6.01. The third-order valence-electron chi connectivity index (χ3n) is 8.15. The lowest BCUT2D eigenvalue weighted by Gasteiger charge is -2.39. The summed E-state index contributed by atoms with van der Waals surface area (Å²) < 4.78 is 0. The van der Waals surface area contributed by atoms with Gasteiger partial charge in [0.15, 0.2) is 0 Å². The molecule has 2 saturated carbocycles. The second kappa shape index (κ2) is 19.7. The summed E-state index contributed by atoms with van der Waals surface area (Å²) in [5, 5.41) is 0. The number of piperazine rings is 2. The molecule has 38 heavy (non-hydrogen) atoms. The highest BCUT2D eigenvalue weighted by Gasteiger charge is 2.31. The van der Waals surface area contributed by atoms with E-state index in [-0.39, 0.29) is 61.4 Å². The first-order chi connectivity index (χ1) is 16.5. The molecule has 2 unspecified atom stereocenters. The number of rotatable bonds is 9. The molecule has 226 valence electrons. The van der Waals surface area contributed by atoms with Gasteiger partial charge in [0.1, 0.15) is 0 Å². The van der Waals surface area contributed by atoms with Gasteiger partial charge in [-0.25, -0.2) is 0 Å². The van der Waals surface area contributed by atoms with Gasteiger partial charge in [-0.05, 0) is 25.7 Å². The van der Waals surface area contributed by atoms with Crippen LogP contribution in [0.5, 0.6) is 0 Å². The molecule has 2 amide bonds. The van der Waals surface area contributed by atoms with Gasteiger partial charge in [-0.3, -0.25) is 19.4 Å². The zero-order valence-corrected chi connectivity index (χ0v) is 27.1. The van der Waals surface area contributed by atoms with Gasteiger partial charge in [-0.15, -0.1) is 49.6 Å². The van der Waals surface area contributed by atoms with Gasteiger partial charge in [0.25, 0.3) is 0 Å². The molecule has 0 aromatic heterocycles. The lowest BCUT2D eigenvalue weighted by molar-refractivity contribution is -0.134. The van der Waals surface area contributed by atoms with Crippen molar-refractivity contribution in [2.75, 3.05) is 63.9 Å². The Labute approximate surface area is 261 Å². The van der Waals surface area contributed by atoms with Crippen LogP contribution in [0.25, 0.3) is 0 Å². The van der Waals surface area contributed by atoms with Crippen molar-refractivity contribution in [3.63, 3.8) is 0 Å². The number of carbonyl (C=O) groups is 2. The van der Waals surface area contributed by atoms with Crippen LogP contribution in [0.2, 0.25) is 0 Å². The molecule has 2 aliphatic heterocycles. The summed E-state index contributed by atoms with van der Waals surface area (Å²) in [6, 6.07) is 0.458. The lowest BCUT2D eigenvalue weighted by Crippen LogP contribution is -2.55. The molecule has 0 spiro atoms. The van der Waals surface area contributed by atoms with Crippen LogP contribution in [0.4, 0.5) is 0 Å². The van der Waals surface area contributed by atoms with E-state index in [0.717, 1.165) is 64.4 Å². The van der Waals surface area contributed by atoms with Gasteiger partial charge in [0.05, 0.1) is 12.1 Å². The highest BCUT2D eigenvalue weighted by molar-refractivity contribution is 8.76. The third-order valence-corrected chi connectivity index (χ3v) is 10.6. The highest BCUT2D eigenvalue weighted by Crippen LogP contribution is 2.27. The second-order valence-corrected chi connectivity index (χ2v) is 12.9. The fraction of sp³-hybridized carbons (Fsp3) is 0.917. The molecule has 0 aromatic rings. The molecule has 4 N–H and O–H groups in total. The van der Waals surface area contributed by atoms with Crippen molar-refractivity contribution in [3.05, 3.63) is 0 Å². The first kappa shape index (κ1) is 38.6. The maximum absolute atomic E-state index is 12.8. The van der Waals surface area contributed by atoms with Gasteiger partial charge in [-0.2, -0.15) is 0 Å². The van der Waals surface area contributed by atoms with E-state index < -0.39 is 12.1 Å². The topological polar surface area (TPSA) is 99.1 Å². The maximum atomic E-state index is 12.8. The summed E-state index contributed by atoms with van der Waals surface area (Å²) in [7, 11) is 3.12. The van der Waals surface area contributed by atoms with Crippen LogP contribution >= 0.6 is 71.2 Å². The first-order valence-corrected chi connectivity index (χ1v) is 15.8. The summed E-state index contributed by atoms with van der Waals surface area (Å²) in [6.07, 6.45) is 10.6. The molecule has 0 bridgehead atoms. The van der Waals surface area contributed by atoms with E-state index in [9.17, 15) is 9.59 Å².